The number of hydrogen-bond donors (Lipinski definition) is 1. The van der Waals surface area contributed by atoms with Crippen molar-refractivity contribution in [2.75, 3.05) is 12.4 Å². The second-order valence-electron chi connectivity index (χ2n) is 5.50. The van der Waals surface area contributed by atoms with Crippen LogP contribution in [0, 0.1) is 6.92 Å². The number of benzene rings is 1. The summed E-state index contributed by atoms with van der Waals surface area (Å²) in [7, 11) is 1.40. The van der Waals surface area contributed by atoms with Gasteiger partial charge in [-0.3, -0.25) is 4.79 Å². The number of ether oxygens (including phenoxy) is 1. The number of rotatable bonds is 6. The van der Waals surface area contributed by atoms with Crippen LogP contribution in [0.2, 0.25) is 5.02 Å². The van der Waals surface area contributed by atoms with Crippen molar-refractivity contribution in [1.29, 1.82) is 0 Å². The lowest BCUT2D eigenvalue weighted by Crippen LogP contribution is -2.26. The van der Waals surface area contributed by atoms with E-state index < -0.39 is 41.2 Å². The smallest absolute Gasteiger partial charge is 0.283 e. The molecule has 1 aromatic heterocycles. The Morgan fingerprint density at radius 2 is 1.92 bits per heavy atom. The Hall–Kier alpha value is -2.29. The van der Waals surface area contributed by atoms with Crippen molar-refractivity contribution in [3.8, 4) is 5.75 Å². The zero-order chi connectivity index (χ0) is 19.6. The van der Waals surface area contributed by atoms with E-state index in [1.165, 1.54) is 14.0 Å². The minimum absolute atomic E-state index is 0.315. The molecule has 0 aliphatic rings. The van der Waals surface area contributed by atoms with Crippen LogP contribution >= 0.6 is 11.6 Å². The van der Waals surface area contributed by atoms with Crippen LogP contribution in [0.4, 0.5) is 23.2 Å². The maximum Gasteiger partial charge on any atom is 0.283 e. The highest BCUT2D eigenvalue weighted by atomic mass is 35.5. The minimum Gasteiger partial charge on any atom is -0.495 e. The molecule has 26 heavy (non-hydrogen) atoms. The van der Waals surface area contributed by atoms with Crippen LogP contribution in [0.3, 0.4) is 0 Å². The molecule has 0 spiro atoms. The highest BCUT2D eigenvalue weighted by Crippen LogP contribution is 2.36. The Kier molecular flexibility index (Phi) is 6.12. The maximum atomic E-state index is 13.2. The van der Waals surface area contributed by atoms with Gasteiger partial charge in [-0.05, 0) is 31.5 Å². The molecule has 1 N–H and O–H groups in total. The summed E-state index contributed by atoms with van der Waals surface area (Å²) in [5, 5.41) is 5.10. The zero-order valence-corrected chi connectivity index (χ0v) is 14.8. The molecule has 0 fully saturated rings. The number of hydrogen-bond acceptors (Lipinski definition) is 3. The Balaban J connectivity index is 2.37. The Labute approximate surface area is 151 Å². The van der Waals surface area contributed by atoms with E-state index in [4.69, 9.17) is 16.3 Å². The number of nitrogens with one attached hydrogen (secondary N) is 1. The Morgan fingerprint density at radius 1 is 1.27 bits per heavy atom. The first kappa shape index (κ1) is 20.0. The summed E-state index contributed by atoms with van der Waals surface area (Å²) in [6.07, 6.45) is -6.32. The predicted molar refractivity (Wildman–Crippen MR) is 88.2 cm³/mol. The second kappa shape index (κ2) is 7.94. The quantitative estimate of drug-likeness (QED) is 0.708. The lowest BCUT2D eigenvalue weighted by Gasteiger charge is -2.17. The van der Waals surface area contributed by atoms with Crippen molar-refractivity contribution in [3.63, 3.8) is 0 Å². The van der Waals surface area contributed by atoms with Gasteiger partial charge < -0.3 is 10.1 Å². The Morgan fingerprint density at radius 3 is 2.46 bits per heavy atom. The van der Waals surface area contributed by atoms with Crippen LogP contribution < -0.4 is 10.1 Å². The number of halogens is 5. The summed E-state index contributed by atoms with van der Waals surface area (Å²) in [5.74, 6) is -0.382. The second-order valence-corrected chi connectivity index (χ2v) is 5.88. The number of carbonyl (C=O) groups is 1. The van der Waals surface area contributed by atoms with Crippen molar-refractivity contribution in [1.82, 2.24) is 9.78 Å². The van der Waals surface area contributed by atoms with E-state index in [0.29, 0.717) is 16.1 Å². The number of alkyl halides is 4. The van der Waals surface area contributed by atoms with Crippen molar-refractivity contribution < 1.29 is 27.1 Å². The van der Waals surface area contributed by atoms with Gasteiger partial charge in [0.05, 0.1) is 17.8 Å². The molecule has 1 atom stereocenters. The molecule has 0 saturated carbocycles. The van der Waals surface area contributed by atoms with Gasteiger partial charge >= 0.3 is 0 Å². The van der Waals surface area contributed by atoms with Gasteiger partial charge in [-0.1, -0.05) is 17.7 Å². The largest absolute Gasteiger partial charge is 0.495 e. The van der Waals surface area contributed by atoms with Gasteiger partial charge in [-0.2, -0.15) is 5.10 Å². The number of methoxy groups -OCH3 is 1. The summed E-state index contributed by atoms with van der Waals surface area (Å²) in [6, 6.07) is 3.70. The first-order valence-corrected chi connectivity index (χ1v) is 7.84. The van der Waals surface area contributed by atoms with Crippen LogP contribution in [-0.4, -0.2) is 22.8 Å². The van der Waals surface area contributed by atoms with Crippen LogP contribution in [0.25, 0.3) is 0 Å². The molecule has 2 aromatic rings. The van der Waals surface area contributed by atoms with Gasteiger partial charge in [0, 0.05) is 0 Å². The average molecular weight is 394 g/mol. The van der Waals surface area contributed by atoms with E-state index in [0.717, 1.165) is 5.56 Å². The van der Waals surface area contributed by atoms with Gasteiger partial charge in [0.2, 0.25) is 5.91 Å². The molecule has 0 aliphatic carbocycles. The Bertz CT molecular complexity index is 811. The summed E-state index contributed by atoms with van der Waals surface area (Å²) in [5.41, 5.74) is -0.782. The molecule has 2 rings (SSSR count). The topological polar surface area (TPSA) is 56.1 Å². The molecule has 142 valence electrons. The molecule has 0 bridgehead atoms. The number of anilines is 1. The molecule has 1 aromatic carbocycles. The van der Waals surface area contributed by atoms with Gasteiger partial charge in [-0.15, -0.1) is 0 Å². The SMILES string of the molecule is COc1ccc(C)cc1NC(=O)C(C)n1nc(C(F)F)c(Cl)c1C(F)F. The third kappa shape index (κ3) is 3.92. The highest BCUT2D eigenvalue weighted by Gasteiger charge is 2.32. The van der Waals surface area contributed by atoms with Crippen LogP contribution in [0.1, 0.15) is 42.8 Å². The molecule has 0 aliphatic heterocycles. The monoisotopic (exact) mass is 393 g/mol. The molecule has 5 nitrogen and oxygen atoms in total. The normalized spacial score (nSPS) is 12.5. The van der Waals surface area contributed by atoms with Gasteiger partial charge in [0.15, 0.2) is 0 Å². The standard InChI is InChI=1S/C16H16ClF4N3O2/c1-7-4-5-10(26-3)9(6-7)22-16(25)8(2)24-13(15(20)21)11(17)12(23-24)14(18)19/h4-6,8,14-15H,1-3H3,(H,22,25). The number of nitrogens with zero attached hydrogens (tertiary/aromatic N) is 2. The molecule has 1 heterocycles. The number of carbonyl (C=O) groups excluding carboxylic acids is 1. The molecule has 1 unspecified atom stereocenters. The van der Waals surface area contributed by atoms with E-state index in [1.54, 1.807) is 25.1 Å². The van der Waals surface area contributed by atoms with Crippen LogP contribution in [0.5, 0.6) is 5.75 Å². The van der Waals surface area contributed by atoms with Gasteiger partial charge in [0.1, 0.15) is 23.2 Å². The molecule has 0 radical (unpaired) electrons. The lowest BCUT2D eigenvalue weighted by molar-refractivity contribution is -0.119. The van der Waals surface area contributed by atoms with Crippen molar-refractivity contribution >= 4 is 23.2 Å². The summed E-state index contributed by atoms with van der Waals surface area (Å²) >= 11 is 5.60. The van der Waals surface area contributed by atoms with E-state index in [2.05, 4.69) is 10.4 Å². The van der Waals surface area contributed by atoms with Crippen LogP contribution in [-0.2, 0) is 4.79 Å². The number of amides is 1. The molecular weight excluding hydrogens is 378 g/mol. The maximum absolute atomic E-state index is 13.2. The third-order valence-corrected chi connectivity index (χ3v) is 4.07. The molecule has 10 heteroatoms. The fourth-order valence-electron chi connectivity index (χ4n) is 2.34. The zero-order valence-electron chi connectivity index (χ0n) is 14.1. The average Bonchev–Trinajstić information content (AvgIpc) is 2.92. The first-order chi connectivity index (χ1) is 12.2. The van der Waals surface area contributed by atoms with Crippen LogP contribution in [0.15, 0.2) is 18.2 Å². The fourth-order valence-corrected chi connectivity index (χ4v) is 2.63. The van der Waals surface area contributed by atoms with E-state index >= 15 is 0 Å². The minimum atomic E-state index is -3.17. The third-order valence-electron chi connectivity index (χ3n) is 3.68. The van der Waals surface area contributed by atoms with Gasteiger partial charge in [0.25, 0.3) is 12.9 Å². The summed E-state index contributed by atoms with van der Waals surface area (Å²) < 4.78 is 58.0. The number of aromatic nitrogens is 2. The van der Waals surface area contributed by atoms with E-state index in [9.17, 15) is 22.4 Å². The van der Waals surface area contributed by atoms with E-state index in [1.807, 2.05) is 0 Å². The van der Waals surface area contributed by atoms with Gasteiger partial charge in [-0.25, -0.2) is 22.2 Å². The van der Waals surface area contributed by atoms with Crippen molar-refractivity contribution in [2.24, 2.45) is 0 Å². The summed E-state index contributed by atoms with van der Waals surface area (Å²) in [4.78, 5) is 12.5. The first-order valence-electron chi connectivity index (χ1n) is 7.47. The number of aryl methyl sites for hydroxylation is 1. The fraction of sp³-hybridized carbons (Fsp3) is 0.375. The molecule has 0 saturated heterocycles. The molecule has 1 amide bonds. The molecular formula is C16H16ClF4N3O2. The summed E-state index contributed by atoms with van der Waals surface area (Å²) in [6.45, 7) is 3.04. The predicted octanol–water partition coefficient (Wildman–Crippen LogP) is 4.93. The van der Waals surface area contributed by atoms with Crippen molar-refractivity contribution in [3.05, 3.63) is 40.2 Å². The highest BCUT2D eigenvalue weighted by molar-refractivity contribution is 6.32. The van der Waals surface area contributed by atoms with Crippen molar-refractivity contribution in [2.45, 2.75) is 32.7 Å². The lowest BCUT2D eigenvalue weighted by atomic mass is 10.2. The van der Waals surface area contributed by atoms with E-state index in [-0.39, 0.29) is 0 Å².